The monoisotopic (exact) mass is 957 g/mol. The van der Waals surface area contributed by atoms with E-state index in [9.17, 15) is 120 Å². The Kier molecular flexibility index (Phi) is 13.7. The summed E-state index contributed by atoms with van der Waals surface area (Å²) in [7, 11) is 0. The smallest absolute Gasteiger partial charge is 0.445 e. The Morgan fingerprint density at radius 1 is 0.541 bits per heavy atom. The van der Waals surface area contributed by atoms with Crippen LogP contribution in [0.5, 0.6) is 0 Å². The van der Waals surface area contributed by atoms with Crippen LogP contribution in [0.2, 0.25) is 0 Å². The molecule has 1 rings (SSSR count). The summed E-state index contributed by atoms with van der Waals surface area (Å²) < 4.78 is 383. The number of hydrogen-bond donors (Lipinski definition) is 1. The summed E-state index contributed by atoms with van der Waals surface area (Å²) in [4.78, 5) is 49.7. The first-order valence-corrected chi connectivity index (χ1v) is 14.0. The van der Waals surface area contributed by atoms with E-state index in [2.05, 4.69) is 14.7 Å². The quantitative estimate of drug-likeness (QED) is 0.0550. The van der Waals surface area contributed by atoms with Gasteiger partial charge in [0, 0.05) is 6.92 Å². The Morgan fingerprint density at radius 2 is 0.852 bits per heavy atom. The number of alkyl halides is 27. The van der Waals surface area contributed by atoms with Crippen LogP contribution in [0.25, 0.3) is 0 Å². The number of carbonyl (C=O) groups is 2. The highest BCUT2D eigenvalue weighted by molar-refractivity contribution is 6.00. The van der Waals surface area contributed by atoms with Crippen LogP contribution in [0.4, 0.5) is 130 Å². The zero-order valence-electron chi connectivity index (χ0n) is 27.9. The minimum Gasteiger partial charge on any atom is -0.445 e. The first-order chi connectivity index (χ1) is 26.6. The molecule has 0 unspecified atom stereocenters. The summed E-state index contributed by atoms with van der Waals surface area (Å²) in [6.45, 7) is -0.852. The predicted octanol–water partition coefficient (Wildman–Crippen LogP) is 9.82. The van der Waals surface area contributed by atoms with Crippen molar-refractivity contribution in [2.45, 2.75) is 91.1 Å². The predicted molar refractivity (Wildman–Crippen MR) is 135 cm³/mol. The number of rotatable bonds is 17. The molecule has 0 aromatic heterocycles. The fourth-order valence-electron chi connectivity index (χ4n) is 4.28. The van der Waals surface area contributed by atoms with Gasteiger partial charge >= 0.3 is 83.2 Å². The van der Waals surface area contributed by atoms with Crippen molar-refractivity contribution in [3.8, 4) is 0 Å². The number of isocyanates is 2. The highest BCUT2D eigenvalue weighted by Gasteiger charge is 3.00. The molecule has 348 valence electrons. The van der Waals surface area contributed by atoms with Crippen LogP contribution < -0.4 is 5.32 Å². The normalized spacial score (nSPS) is 14.8. The second-order valence-electron chi connectivity index (χ2n) is 11.4. The maximum Gasteiger partial charge on any atom is 0.460 e. The maximum atomic E-state index is 15.6. The lowest BCUT2D eigenvalue weighted by molar-refractivity contribution is -0.485. The lowest BCUT2D eigenvalue weighted by Gasteiger charge is -2.46. The van der Waals surface area contributed by atoms with Gasteiger partial charge in [-0.1, -0.05) is 0 Å². The van der Waals surface area contributed by atoms with Gasteiger partial charge in [-0.15, -0.1) is 0 Å². The van der Waals surface area contributed by atoms with Gasteiger partial charge in [0.25, 0.3) is 5.91 Å². The van der Waals surface area contributed by atoms with Crippen molar-refractivity contribution in [1.29, 1.82) is 0 Å². The first kappa shape index (κ1) is 54.0. The van der Waals surface area contributed by atoms with Crippen LogP contribution in [0.3, 0.4) is 0 Å². The number of ether oxygens (including phenoxy) is 1. The molecule has 0 fully saturated rings. The van der Waals surface area contributed by atoms with Crippen LogP contribution in [-0.2, 0) is 25.0 Å². The van der Waals surface area contributed by atoms with Crippen molar-refractivity contribution >= 4 is 35.4 Å². The zero-order chi connectivity index (χ0) is 49.2. The molecule has 0 radical (unpaired) electrons. The van der Waals surface area contributed by atoms with E-state index in [0.717, 1.165) is 0 Å². The molecular weight excluding hydrogens is 947 g/mol. The van der Waals surface area contributed by atoms with Crippen molar-refractivity contribution in [3.05, 3.63) is 22.8 Å². The summed E-state index contributed by atoms with van der Waals surface area (Å²) in [5.41, 5.74) is -12.0. The molecule has 1 amide bonds. The topological polar surface area (TPSA) is 114 Å². The number of nitrogens with zero attached hydrogens (tertiary/aromatic N) is 2. The summed E-state index contributed by atoms with van der Waals surface area (Å²) >= 11 is 0. The Bertz CT molecular complexity index is 1980. The molecule has 35 heteroatoms. The number of nitrogens with one attached hydrogen (secondary N) is 1. The SMILES string of the molecule is CC(=O)OCNC(=O)c1c(C)cc(N=C=O)c(N=C=O)c1C(F)(F)C(F)(F)C(F)(F)C(F)(F)C(F)(F)C(F)(F)C(F)(F)C(F)(F)C(F)(F)C(F)(F)C(F)(F)C(F)(F)C(F)(F)F. The van der Waals surface area contributed by atoms with Crippen LogP contribution >= 0.6 is 0 Å². The van der Waals surface area contributed by atoms with E-state index in [-0.39, 0.29) is 19.1 Å². The van der Waals surface area contributed by atoms with Crippen molar-refractivity contribution in [2.75, 3.05) is 6.73 Å². The second kappa shape index (κ2) is 15.4. The van der Waals surface area contributed by atoms with Gasteiger partial charge in [0.05, 0.1) is 11.1 Å². The molecule has 1 aromatic carbocycles. The largest absolute Gasteiger partial charge is 0.460 e. The summed E-state index contributed by atoms with van der Waals surface area (Å²) in [5.74, 6) is -117. The molecule has 0 bridgehead atoms. The molecule has 0 spiro atoms. The van der Waals surface area contributed by atoms with Gasteiger partial charge in [-0.2, -0.15) is 129 Å². The molecule has 8 nitrogen and oxygen atoms in total. The van der Waals surface area contributed by atoms with Crippen LogP contribution in [0.15, 0.2) is 16.1 Å². The van der Waals surface area contributed by atoms with Gasteiger partial charge in [0.2, 0.25) is 12.2 Å². The minimum atomic E-state index is -9.99. The Hall–Kier alpha value is -4.97. The number of halogens is 27. The summed E-state index contributed by atoms with van der Waals surface area (Å²) in [5, 5.41) is 1.17. The molecule has 1 aromatic rings. The Morgan fingerprint density at radius 3 is 1.15 bits per heavy atom. The molecule has 0 aliphatic heterocycles. The average molecular weight is 957 g/mol. The molecule has 0 aliphatic carbocycles. The molecule has 0 atom stereocenters. The van der Waals surface area contributed by atoms with Gasteiger partial charge in [-0.3, -0.25) is 9.59 Å². The van der Waals surface area contributed by atoms with Crippen molar-refractivity contribution in [1.82, 2.24) is 5.32 Å². The molecule has 1 N–H and O–H groups in total. The number of amides is 1. The fraction of sp³-hybridized carbons (Fsp3) is 0.615. The minimum absolute atomic E-state index is 0.00266. The number of hydrogen-bond acceptors (Lipinski definition) is 7. The van der Waals surface area contributed by atoms with Gasteiger partial charge in [0.1, 0.15) is 11.4 Å². The third kappa shape index (κ3) is 7.36. The van der Waals surface area contributed by atoms with Crippen LogP contribution in [0.1, 0.15) is 28.4 Å². The van der Waals surface area contributed by atoms with Crippen molar-refractivity contribution in [2.24, 2.45) is 9.98 Å². The average Bonchev–Trinajstić information content (AvgIpc) is 3.07. The van der Waals surface area contributed by atoms with E-state index in [1.165, 1.54) is 5.32 Å². The zero-order valence-corrected chi connectivity index (χ0v) is 27.9. The molecule has 61 heavy (non-hydrogen) atoms. The number of benzene rings is 1. The lowest BCUT2D eigenvalue weighted by atomic mass is 9.82. The Balaban J connectivity index is 4.33. The molecule has 0 saturated heterocycles. The van der Waals surface area contributed by atoms with E-state index < -0.39 is 124 Å². The van der Waals surface area contributed by atoms with Crippen molar-refractivity contribution in [3.63, 3.8) is 0 Å². The Labute approximate surface area is 314 Å². The van der Waals surface area contributed by atoms with Gasteiger partial charge in [-0.05, 0) is 18.6 Å². The number of aliphatic imine (C=N–C) groups is 2. The fourth-order valence-corrected chi connectivity index (χ4v) is 4.28. The number of carbonyl (C=O) groups excluding carboxylic acids is 4. The lowest BCUT2D eigenvalue weighted by Crippen LogP contribution is -2.78. The van der Waals surface area contributed by atoms with Gasteiger partial charge in [0.15, 0.2) is 6.73 Å². The molecule has 0 heterocycles. The van der Waals surface area contributed by atoms with Crippen LogP contribution in [-0.4, -0.2) is 102 Å². The molecule has 0 saturated carbocycles. The molecular formula is C26H10F27N3O5. The van der Waals surface area contributed by atoms with E-state index in [0.29, 0.717) is 13.0 Å². The van der Waals surface area contributed by atoms with E-state index in [4.69, 9.17) is 0 Å². The van der Waals surface area contributed by atoms with Gasteiger partial charge < -0.3 is 10.1 Å². The van der Waals surface area contributed by atoms with E-state index >= 15 is 17.6 Å². The van der Waals surface area contributed by atoms with E-state index in [1.54, 1.807) is 0 Å². The number of esters is 1. The van der Waals surface area contributed by atoms with Crippen LogP contribution in [0, 0.1) is 6.92 Å². The standard InChI is InChI=1S/C26H10F27N3O5/c1-7-3-9(54-4-57)12(55-5-58)11(10(7)13(60)56-6-61-8(2)59)14(27,28)15(29,30)16(31,32)17(33,34)18(35,36)19(37,38)20(39,40)21(41,42)22(43,44)23(45,46)24(47,48)25(49,50)26(51,52)53/h3H,6H2,1-2H3,(H,56,60). The third-order valence-electron chi connectivity index (χ3n) is 7.54. The highest BCUT2D eigenvalue weighted by atomic mass is 19.4. The third-order valence-corrected chi connectivity index (χ3v) is 7.54. The first-order valence-electron chi connectivity index (χ1n) is 14.0. The number of aryl methyl sites for hydroxylation is 1. The highest BCUT2D eigenvalue weighted by Crippen LogP contribution is 2.69. The second-order valence-corrected chi connectivity index (χ2v) is 11.4. The van der Waals surface area contributed by atoms with E-state index in [1.807, 2.05) is 0 Å². The summed E-state index contributed by atoms with van der Waals surface area (Å²) in [6.07, 6.45) is -7.85. The maximum absolute atomic E-state index is 15.6. The van der Waals surface area contributed by atoms with Gasteiger partial charge in [-0.25, -0.2) is 9.59 Å². The summed E-state index contributed by atoms with van der Waals surface area (Å²) in [6, 6.07) is 0.00266. The molecule has 0 aliphatic rings. The van der Waals surface area contributed by atoms with Crippen molar-refractivity contribution < 1.29 is 142 Å².